The number of nitrogens with one attached hydrogen (secondary N) is 1. The number of carbonyl (C=O) groups excluding carboxylic acids is 1. The molecular weight excluding hydrogens is 360 g/mol. The molecule has 1 aliphatic heterocycles. The van der Waals surface area contributed by atoms with Crippen molar-refractivity contribution in [2.45, 2.75) is 12.5 Å². The Kier molecular flexibility index (Phi) is 6.43. The number of halogens is 1. The van der Waals surface area contributed by atoms with E-state index in [2.05, 4.69) is 15.5 Å². The normalized spacial score (nSPS) is 17.1. The first-order chi connectivity index (χ1) is 12.6. The SMILES string of the molecule is CN(CC1COCCO1)C(=O)NCCc1nc(-c2ccc(Cl)cc2)no1. The highest BCUT2D eigenvalue weighted by molar-refractivity contribution is 6.30. The Morgan fingerprint density at radius 3 is 2.88 bits per heavy atom. The minimum Gasteiger partial charge on any atom is -0.376 e. The molecule has 2 aromatic rings. The predicted octanol–water partition coefficient (Wildman–Crippen LogP) is 1.99. The molecule has 0 saturated carbocycles. The molecule has 2 heterocycles. The second-order valence-electron chi connectivity index (χ2n) is 5.95. The first-order valence-electron chi connectivity index (χ1n) is 8.38. The molecule has 9 heteroatoms. The fourth-order valence-electron chi connectivity index (χ4n) is 2.51. The molecule has 1 aliphatic rings. The molecule has 140 valence electrons. The van der Waals surface area contributed by atoms with Crippen LogP contribution in [0.5, 0.6) is 0 Å². The number of nitrogens with zero attached hydrogens (tertiary/aromatic N) is 3. The molecular formula is C17H21ClN4O4. The highest BCUT2D eigenvalue weighted by Gasteiger charge is 2.19. The lowest BCUT2D eigenvalue weighted by Crippen LogP contribution is -2.45. The maximum Gasteiger partial charge on any atom is 0.317 e. The number of hydrogen-bond donors (Lipinski definition) is 1. The fourth-order valence-corrected chi connectivity index (χ4v) is 2.64. The molecule has 1 saturated heterocycles. The van der Waals surface area contributed by atoms with Crippen LogP contribution in [0.1, 0.15) is 5.89 Å². The van der Waals surface area contributed by atoms with Crippen LogP contribution in [0.15, 0.2) is 28.8 Å². The van der Waals surface area contributed by atoms with Crippen molar-refractivity contribution < 1.29 is 18.8 Å². The van der Waals surface area contributed by atoms with E-state index >= 15 is 0 Å². The van der Waals surface area contributed by atoms with Gasteiger partial charge in [-0.05, 0) is 24.3 Å². The number of urea groups is 1. The molecule has 1 N–H and O–H groups in total. The van der Waals surface area contributed by atoms with Gasteiger partial charge in [0.05, 0.1) is 32.5 Å². The van der Waals surface area contributed by atoms with Gasteiger partial charge in [0, 0.05) is 30.6 Å². The smallest absolute Gasteiger partial charge is 0.317 e. The summed E-state index contributed by atoms with van der Waals surface area (Å²) in [5, 5.41) is 7.41. The van der Waals surface area contributed by atoms with Gasteiger partial charge in [0.1, 0.15) is 0 Å². The molecule has 8 nitrogen and oxygen atoms in total. The van der Waals surface area contributed by atoms with Crippen LogP contribution >= 0.6 is 11.6 Å². The second-order valence-corrected chi connectivity index (χ2v) is 6.39. The maximum atomic E-state index is 12.1. The maximum absolute atomic E-state index is 12.1. The molecule has 0 radical (unpaired) electrons. The van der Waals surface area contributed by atoms with Crippen LogP contribution in [0.4, 0.5) is 4.79 Å². The zero-order valence-electron chi connectivity index (χ0n) is 14.5. The Labute approximate surface area is 156 Å². The summed E-state index contributed by atoms with van der Waals surface area (Å²) < 4.78 is 16.1. The summed E-state index contributed by atoms with van der Waals surface area (Å²) in [5.74, 6) is 0.955. The van der Waals surface area contributed by atoms with Crippen molar-refractivity contribution in [1.82, 2.24) is 20.4 Å². The molecule has 3 rings (SSSR count). The quantitative estimate of drug-likeness (QED) is 0.824. The van der Waals surface area contributed by atoms with Crippen LogP contribution in [0.25, 0.3) is 11.4 Å². The van der Waals surface area contributed by atoms with Crippen molar-refractivity contribution in [3.8, 4) is 11.4 Å². The lowest BCUT2D eigenvalue weighted by atomic mass is 10.2. The van der Waals surface area contributed by atoms with E-state index in [0.717, 1.165) is 5.56 Å². The highest BCUT2D eigenvalue weighted by Crippen LogP contribution is 2.18. The Morgan fingerprint density at radius 2 is 2.15 bits per heavy atom. The zero-order chi connectivity index (χ0) is 18.4. The fraction of sp³-hybridized carbons (Fsp3) is 0.471. The van der Waals surface area contributed by atoms with Gasteiger partial charge in [0.2, 0.25) is 11.7 Å². The topological polar surface area (TPSA) is 89.7 Å². The van der Waals surface area contributed by atoms with E-state index in [4.69, 9.17) is 25.6 Å². The summed E-state index contributed by atoms with van der Waals surface area (Å²) in [5.41, 5.74) is 0.822. The lowest BCUT2D eigenvalue weighted by molar-refractivity contribution is -0.0928. The van der Waals surface area contributed by atoms with Crippen LogP contribution in [-0.4, -0.2) is 67.1 Å². The second kappa shape index (κ2) is 8.98. The van der Waals surface area contributed by atoms with E-state index in [9.17, 15) is 4.79 Å². The molecule has 0 aliphatic carbocycles. The standard InChI is InChI=1S/C17H21ClN4O4/c1-22(10-14-11-24-8-9-25-14)17(23)19-7-6-15-20-16(21-26-15)12-2-4-13(18)5-3-12/h2-5,14H,6-11H2,1H3,(H,19,23). The van der Waals surface area contributed by atoms with Gasteiger partial charge in [0.15, 0.2) is 0 Å². The van der Waals surface area contributed by atoms with Gasteiger partial charge < -0.3 is 24.2 Å². The Hall–Kier alpha value is -2.16. The van der Waals surface area contributed by atoms with E-state index in [-0.39, 0.29) is 12.1 Å². The first kappa shape index (κ1) is 18.6. The van der Waals surface area contributed by atoms with Crippen molar-refractivity contribution in [2.75, 3.05) is 40.0 Å². The number of amides is 2. The van der Waals surface area contributed by atoms with Crippen LogP contribution in [-0.2, 0) is 15.9 Å². The molecule has 0 bridgehead atoms. The molecule has 1 unspecified atom stereocenters. The Morgan fingerprint density at radius 1 is 1.35 bits per heavy atom. The number of benzene rings is 1. The number of rotatable bonds is 6. The van der Waals surface area contributed by atoms with Gasteiger partial charge in [-0.3, -0.25) is 0 Å². The highest BCUT2D eigenvalue weighted by atomic mass is 35.5. The summed E-state index contributed by atoms with van der Waals surface area (Å²) >= 11 is 5.87. The number of ether oxygens (including phenoxy) is 2. The van der Waals surface area contributed by atoms with Gasteiger partial charge in [-0.1, -0.05) is 16.8 Å². The van der Waals surface area contributed by atoms with Gasteiger partial charge in [-0.2, -0.15) is 4.98 Å². The van der Waals surface area contributed by atoms with Gasteiger partial charge in [-0.15, -0.1) is 0 Å². The molecule has 26 heavy (non-hydrogen) atoms. The van der Waals surface area contributed by atoms with Gasteiger partial charge in [0.25, 0.3) is 0 Å². The molecule has 1 atom stereocenters. The summed E-state index contributed by atoms with van der Waals surface area (Å²) in [7, 11) is 1.72. The van der Waals surface area contributed by atoms with E-state index < -0.39 is 0 Å². The van der Waals surface area contributed by atoms with Crippen molar-refractivity contribution >= 4 is 17.6 Å². The Bertz CT molecular complexity index is 716. The van der Waals surface area contributed by atoms with E-state index in [1.807, 2.05) is 12.1 Å². The van der Waals surface area contributed by atoms with Gasteiger partial charge in [-0.25, -0.2) is 4.79 Å². The van der Waals surface area contributed by atoms with Crippen molar-refractivity contribution in [3.05, 3.63) is 35.2 Å². The summed E-state index contributed by atoms with van der Waals surface area (Å²) in [6, 6.07) is 7.00. The summed E-state index contributed by atoms with van der Waals surface area (Å²) in [4.78, 5) is 18.0. The van der Waals surface area contributed by atoms with Crippen LogP contribution in [0.2, 0.25) is 5.02 Å². The van der Waals surface area contributed by atoms with E-state index in [1.54, 1.807) is 24.1 Å². The van der Waals surface area contributed by atoms with E-state index in [1.165, 1.54) is 0 Å². The monoisotopic (exact) mass is 380 g/mol. The largest absolute Gasteiger partial charge is 0.376 e. The molecule has 1 aromatic carbocycles. The number of carbonyl (C=O) groups is 1. The minimum absolute atomic E-state index is 0.0858. The Balaban J connectivity index is 1.43. The van der Waals surface area contributed by atoms with Crippen LogP contribution < -0.4 is 5.32 Å². The van der Waals surface area contributed by atoms with Crippen molar-refractivity contribution in [2.24, 2.45) is 0 Å². The lowest BCUT2D eigenvalue weighted by Gasteiger charge is -2.27. The van der Waals surface area contributed by atoms with Crippen molar-refractivity contribution in [3.63, 3.8) is 0 Å². The predicted molar refractivity (Wildman–Crippen MR) is 95.0 cm³/mol. The number of aromatic nitrogens is 2. The van der Waals surface area contributed by atoms with Crippen LogP contribution in [0, 0.1) is 0 Å². The number of likely N-dealkylation sites (N-methyl/N-ethyl adjacent to an activating group) is 1. The zero-order valence-corrected chi connectivity index (χ0v) is 15.2. The molecule has 1 fully saturated rings. The number of hydrogen-bond acceptors (Lipinski definition) is 6. The first-order valence-corrected chi connectivity index (χ1v) is 8.76. The summed E-state index contributed by atoms with van der Waals surface area (Å²) in [6.07, 6.45) is 0.362. The third-order valence-electron chi connectivity index (χ3n) is 3.89. The minimum atomic E-state index is -0.184. The molecule has 2 amide bonds. The van der Waals surface area contributed by atoms with Crippen LogP contribution in [0.3, 0.4) is 0 Å². The van der Waals surface area contributed by atoms with Crippen molar-refractivity contribution in [1.29, 1.82) is 0 Å². The molecule has 0 spiro atoms. The molecule has 1 aromatic heterocycles. The van der Waals surface area contributed by atoms with Gasteiger partial charge >= 0.3 is 6.03 Å². The van der Waals surface area contributed by atoms with E-state index in [0.29, 0.717) is 56.1 Å². The third kappa shape index (κ3) is 5.17. The summed E-state index contributed by atoms with van der Waals surface area (Å²) in [6.45, 7) is 2.55. The average molecular weight is 381 g/mol. The third-order valence-corrected chi connectivity index (χ3v) is 4.15. The average Bonchev–Trinajstić information content (AvgIpc) is 3.12.